The number of ether oxygens (including phenoxy) is 2. The average molecular weight is 480 g/mol. The maximum absolute atomic E-state index is 12.8. The summed E-state index contributed by atoms with van der Waals surface area (Å²) in [5, 5.41) is 10.9. The Bertz CT molecular complexity index is 1250. The quantitative estimate of drug-likeness (QED) is 0.551. The molecular weight excluding hydrogens is 446 g/mol. The number of pyridine rings is 1. The molecule has 0 fully saturated rings. The molecule has 3 heterocycles. The van der Waals surface area contributed by atoms with Gasteiger partial charge in [0, 0.05) is 29.6 Å². The molecule has 1 aliphatic rings. The summed E-state index contributed by atoms with van der Waals surface area (Å²) >= 11 is 0. The summed E-state index contributed by atoms with van der Waals surface area (Å²) in [6.07, 6.45) is 1.66. The van der Waals surface area contributed by atoms with E-state index in [1.165, 1.54) is 0 Å². The van der Waals surface area contributed by atoms with Crippen molar-refractivity contribution in [3.8, 4) is 11.3 Å². The number of amides is 2. The van der Waals surface area contributed by atoms with Gasteiger partial charge in [-0.25, -0.2) is 14.6 Å². The average Bonchev–Trinajstić information content (AvgIpc) is 3.23. The normalized spacial score (nSPS) is 13.9. The van der Waals surface area contributed by atoms with Crippen molar-refractivity contribution in [3.63, 3.8) is 0 Å². The molecule has 0 bridgehead atoms. The van der Waals surface area contributed by atoms with Gasteiger partial charge in [-0.15, -0.1) is 0 Å². The fourth-order valence-corrected chi connectivity index (χ4v) is 4.08. The minimum atomic E-state index is -0.567. The molecule has 4 rings (SSSR count). The SMILES string of the molecule is CC(C)(C)OC(=O)NCc1cccc(-c2nc3[nH]ncc3c3c2CN(C(=O)OC(C)(C)C)CC3)c1. The molecule has 0 saturated carbocycles. The molecule has 3 aromatic rings. The molecular formula is C26H33N5O4. The Morgan fingerprint density at radius 2 is 1.83 bits per heavy atom. The third-order valence-electron chi connectivity index (χ3n) is 5.49. The largest absolute Gasteiger partial charge is 0.444 e. The molecule has 9 nitrogen and oxygen atoms in total. The third-order valence-corrected chi connectivity index (χ3v) is 5.49. The first-order valence-corrected chi connectivity index (χ1v) is 11.8. The van der Waals surface area contributed by atoms with Crippen molar-refractivity contribution in [1.82, 2.24) is 25.4 Å². The van der Waals surface area contributed by atoms with Crippen molar-refractivity contribution in [1.29, 1.82) is 0 Å². The Hall–Kier alpha value is -3.62. The number of nitrogens with zero attached hydrogens (tertiary/aromatic N) is 3. The molecule has 35 heavy (non-hydrogen) atoms. The minimum Gasteiger partial charge on any atom is -0.444 e. The number of nitrogens with one attached hydrogen (secondary N) is 2. The third kappa shape index (κ3) is 5.90. The van der Waals surface area contributed by atoms with Crippen LogP contribution in [-0.4, -0.2) is 50.0 Å². The van der Waals surface area contributed by atoms with E-state index in [1.807, 2.05) is 65.8 Å². The molecule has 0 saturated heterocycles. The summed E-state index contributed by atoms with van der Waals surface area (Å²) in [5.41, 5.74) is 4.28. The van der Waals surface area contributed by atoms with E-state index in [-0.39, 0.29) is 6.09 Å². The summed E-state index contributed by atoms with van der Waals surface area (Å²) in [7, 11) is 0. The van der Waals surface area contributed by atoms with Crippen LogP contribution >= 0.6 is 0 Å². The topological polar surface area (TPSA) is 109 Å². The predicted octanol–water partition coefficient (Wildman–Crippen LogP) is 4.94. The van der Waals surface area contributed by atoms with Gasteiger partial charge in [0.2, 0.25) is 0 Å². The lowest BCUT2D eigenvalue weighted by molar-refractivity contribution is 0.0224. The number of H-pyrrole nitrogens is 1. The zero-order valence-electron chi connectivity index (χ0n) is 21.2. The number of aromatic nitrogens is 3. The molecule has 0 atom stereocenters. The van der Waals surface area contributed by atoms with Crippen LogP contribution in [0.2, 0.25) is 0 Å². The molecule has 0 spiro atoms. The number of alkyl carbamates (subject to hydrolysis) is 1. The van der Waals surface area contributed by atoms with Gasteiger partial charge in [0.05, 0.1) is 18.4 Å². The van der Waals surface area contributed by atoms with Gasteiger partial charge in [-0.2, -0.15) is 5.10 Å². The van der Waals surface area contributed by atoms with Gasteiger partial charge >= 0.3 is 12.2 Å². The van der Waals surface area contributed by atoms with Crippen LogP contribution in [0.1, 0.15) is 58.2 Å². The summed E-state index contributed by atoms with van der Waals surface area (Å²) in [6.45, 7) is 12.3. The first-order chi connectivity index (χ1) is 16.4. The lowest BCUT2D eigenvalue weighted by Gasteiger charge is -2.32. The van der Waals surface area contributed by atoms with E-state index in [1.54, 1.807) is 11.1 Å². The number of rotatable bonds is 3. The second-order valence-corrected chi connectivity index (χ2v) is 10.8. The van der Waals surface area contributed by atoms with Gasteiger partial charge < -0.3 is 19.7 Å². The highest BCUT2D eigenvalue weighted by molar-refractivity contribution is 5.85. The number of fused-ring (bicyclic) bond motifs is 3. The number of aromatic amines is 1. The van der Waals surface area contributed by atoms with Crippen molar-refractivity contribution < 1.29 is 19.1 Å². The fourth-order valence-electron chi connectivity index (χ4n) is 4.08. The molecule has 2 N–H and O–H groups in total. The highest BCUT2D eigenvalue weighted by Gasteiger charge is 2.29. The second kappa shape index (κ2) is 9.20. The van der Waals surface area contributed by atoms with Gasteiger partial charge in [-0.1, -0.05) is 18.2 Å². The monoisotopic (exact) mass is 479 g/mol. The molecule has 0 radical (unpaired) electrons. The molecule has 1 aliphatic heterocycles. The summed E-state index contributed by atoms with van der Waals surface area (Å²) in [6, 6.07) is 7.85. The van der Waals surface area contributed by atoms with E-state index in [4.69, 9.17) is 14.5 Å². The van der Waals surface area contributed by atoms with Gasteiger partial charge in [-0.3, -0.25) is 5.10 Å². The lowest BCUT2D eigenvalue weighted by atomic mass is 9.93. The fraction of sp³-hybridized carbons (Fsp3) is 0.462. The Labute approximate surface area is 205 Å². The van der Waals surface area contributed by atoms with Crippen LogP contribution in [-0.2, 0) is 29.0 Å². The van der Waals surface area contributed by atoms with Crippen molar-refractivity contribution in [2.24, 2.45) is 0 Å². The van der Waals surface area contributed by atoms with Crippen LogP contribution in [0.15, 0.2) is 30.5 Å². The number of hydrogen-bond donors (Lipinski definition) is 2. The zero-order valence-corrected chi connectivity index (χ0v) is 21.2. The van der Waals surface area contributed by atoms with Gasteiger partial charge in [0.1, 0.15) is 11.2 Å². The van der Waals surface area contributed by atoms with Crippen LogP contribution in [0.5, 0.6) is 0 Å². The molecule has 186 valence electrons. The van der Waals surface area contributed by atoms with Crippen molar-refractivity contribution in [2.75, 3.05) is 6.54 Å². The van der Waals surface area contributed by atoms with Gasteiger partial charge in [-0.05, 0) is 65.2 Å². The first kappa shape index (κ1) is 24.5. The minimum absolute atomic E-state index is 0.321. The van der Waals surface area contributed by atoms with Crippen molar-refractivity contribution in [3.05, 3.63) is 47.2 Å². The van der Waals surface area contributed by atoms with Crippen LogP contribution in [0.3, 0.4) is 0 Å². The highest BCUT2D eigenvalue weighted by Crippen LogP contribution is 2.34. The Kier molecular flexibility index (Phi) is 6.44. The lowest BCUT2D eigenvalue weighted by Crippen LogP contribution is -2.40. The van der Waals surface area contributed by atoms with Crippen LogP contribution < -0.4 is 5.32 Å². The predicted molar refractivity (Wildman–Crippen MR) is 133 cm³/mol. The van der Waals surface area contributed by atoms with E-state index in [2.05, 4.69) is 15.5 Å². The molecule has 9 heteroatoms. The number of carbonyl (C=O) groups is 2. The van der Waals surface area contributed by atoms with Crippen LogP contribution in [0, 0.1) is 0 Å². The second-order valence-electron chi connectivity index (χ2n) is 10.8. The Morgan fingerprint density at radius 1 is 1.09 bits per heavy atom. The van der Waals surface area contributed by atoms with E-state index in [9.17, 15) is 9.59 Å². The summed E-state index contributed by atoms with van der Waals surface area (Å²) in [5.74, 6) is 0. The van der Waals surface area contributed by atoms with Gasteiger partial charge in [0.15, 0.2) is 5.65 Å². The molecule has 2 aromatic heterocycles. The van der Waals surface area contributed by atoms with Crippen LogP contribution in [0.25, 0.3) is 22.3 Å². The Balaban J connectivity index is 1.64. The number of benzene rings is 1. The standard InChI is InChI=1S/C26H33N5O4/c1-25(2,3)34-23(32)27-13-16-8-7-9-17(12-16)21-20-15-31(24(33)35-26(4,5)6)11-10-18(20)19-14-28-30-22(19)29-21/h7-9,12,14H,10-11,13,15H2,1-6H3,(H,27,32)(H,28,29,30). The smallest absolute Gasteiger partial charge is 0.410 e. The molecule has 0 unspecified atom stereocenters. The Morgan fingerprint density at radius 3 is 2.54 bits per heavy atom. The van der Waals surface area contributed by atoms with E-state index >= 15 is 0 Å². The summed E-state index contributed by atoms with van der Waals surface area (Å²) in [4.78, 5) is 31.5. The van der Waals surface area contributed by atoms with Crippen molar-refractivity contribution in [2.45, 2.75) is 72.3 Å². The maximum Gasteiger partial charge on any atom is 0.410 e. The van der Waals surface area contributed by atoms with E-state index in [0.29, 0.717) is 31.7 Å². The van der Waals surface area contributed by atoms with Gasteiger partial charge in [0.25, 0.3) is 0 Å². The summed E-state index contributed by atoms with van der Waals surface area (Å²) < 4.78 is 10.9. The number of hydrogen-bond acceptors (Lipinski definition) is 6. The molecule has 1 aromatic carbocycles. The maximum atomic E-state index is 12.8. The van der Waals surface area contributed by atoms with Crippen LogP contribution in [0.4, 0.5) is 9.59 Å². The molecule has 2 amide bonds. The first-order valence-electron chi connectivity index (χ1n) is 11.8. The highest BCUT2D eigenvalue weighted by atomic mass is 16.6. The zero-order chi connectivity index (χ0) is 25.4. The number of carbonyl (C=O) groups excluding carboxylic acids is 2. The van der Waals surface area contributed by atoms with E-state index < -0.39 is 17.3 Å². The molecule has 0 aliphatic carbocycles. The van der Waals surface area contributed by atoms with Crippen molar-refractivity contribution >= 4 is 23.2 Å². The van der Waals surface area contributed by atoms with E-state index in [0.717, 1.165) is 33.3 Å².